The van der Waals surface area contributed by atoms with E-state index < -0.39 is 5.60 Å². The molecule has 0 radical (unpaired) electrons. The van der Waals surface area contributed by atoms with Gasteiger partial charge in [0.1, 0.15) is 5.60 Å². The lowest BCUT2D eigenvalue weighted by Gasteiger charge is -2.24. The van der Waals surface area contributed by atoms with Crippen molar-refractivity contribution in [3.8, 4) is 6.07 Å². The SMILES string of the molecule is CC(C)(C)OC(=O)N1CC[C@H](C#N)C1. The fourth-order valence-electron chi connectivity index (χ4n) is 1.36. The summed E-state index contributed by atoms with van der Waals surface area (Å²) in [5.41, 5.74) is -0.457. The van der Waals surface area contributed by atoms with Crippen LogP contribution in [0.4, 0.5) is 4.79 Å². The lowest BCUT2D eigenvalue weighted by atomic mass is 10.1. The molecule has 0 saturated carbocycles. The van der Waals surface area contributed by atoms with Crippen LogP contribution in [-0.2, 0) is 4.74 Å². The molecule has 1 saturated heterocycles. The first-order valence-corrected chi connectivity index (χ1v) is 4.80. The van der Waals surface area contributed by atoms with E-state index in [9.17, 15) is 4.79 Å². The van der Waals surface area contributed by atoms with E-state index in [0.29, 0.717) is 13.1 Å². The van der Waals surface area contributed by atoms with Gasteiger partial charge in [0.15, 0.2) is 0 Å². The van der Waals surface area contributed by atoms with Crippen LogP contribution in [0.3, 0.4) is 0 Å². The molecule has 1 aliphatic rings. The van der Waals surface area contributed by atoms with Gasteiger partial charge in [0.25, 0.3) is 0 Å². The molecule has 0 unspecified atom stereocenters. The van der Waals surface area contributed by atoms with Crippen LogP contribution in [0.25, 0.3) is 0 Å². The number of ether oxygens (including phenoxy) is 1. The van der Waals surface area contributed by atoms with Crippen molar-refractivity contribution in [3.05, 3.63) is 0 Å². The third-order valence-electron chi connectivity index (χ3n) is 2.02. The Kier molecular flexibility index (Phi) is 3.00. The predicted molar refractivity (Wildman–Crippen MR) is 51.5 cm³/mol. The molecular weight excluding hydrogens is 180 g/mol. The highest BCUT2D eigenvalue weighted by Crippen LogP contribution is 2.18. The first-order valence-electron chi connectivity index (χ1n) is 4.80. The molecule has 1 rings (SSSR count). The minimum absolute atomic E-state index is 0.0254. The topological polar surface area (TPSA) is 53.3 Å². The molecule has 4 heteroatoms. The van der Waals surface area contributed by atoms with Crippen LogP contribution in [0.2, 0.25) is 0 Å². The van der Waals surface area contributed by atoms with E-state index in [1.165, 1.54) is 0 Å². The van der Waals surface area contributed by atoms with Crippen LogP contribution < -0.4 is 0 Å². The molecule has 0 bridgehead atoms. The van der Waals surface area contributed by atoms with E-state index >= 15 is 0 Å². The molecule has 1 heterocycles. The van der Waals surface area contributed by atoms with Gasteiger partial charge in [0.05, 0.1) is 12.0 Å². The second-order valence-corrected chi connectivity index (χ2v) is 4.54. The van der Waals surface area contributed by atoms with Crippen molar-refractivity contribution in [1.82, 2.24) is 4.90 Å². The average Bonchev–Trinajstić information content (AvgIpc) is 2.48. The van der Waals surface area contributed by atoms with Gasteiger partial charge < -0.3 is 9.64 Å². The summed E-state index contributed by atoms with van der Waals surface area (Å²) in [6.45, 7) is 6.65. The molecule has 1 aliphatic heterocycles. The fraction of sp³-hybridized carbons (Fsp3) is 0.800. The van der Waals surface area contributed by atoms with Crippen molar-refractivity contribution in [3.63, 3.8) is 0 Å². The number of carbonyl (C=O) groups is 1. The Morgan fingerprint density at radius 3 is 2.64 bits per heavy atom. The molecule has 0 aliphatic carbocycles. The highest BCUT2D eigenvalue weighted by molar-refractivity contribution is 5.68. The van der Waals surface area contributed by atoms with E-state index in [4.69, 9.17) is 10.00 Å². The minimum atomic E-state index is -0.457. The second kappa shape index (κ2) is 3.87. The number of hydrogen-bond donors (Lipinski definition) is 0. The average molecular weight is 196 g/mol. The highest BCUT2D eigenvalue weighted by Gasteiger charge is 2.29. The summed E-state index contributed by atoms with van der Waals surface area (Å²) in [5, 5.41) is 8.67. The van der Waals surface area contributed by atoms with Crippen molar-refractivity contribution < 1.29 is 9.53 Å². The maximum absolute atomic E-state index is 11.5. The minimum Gasteiger partial charge on any atom is -0.444 e. The zero-order valence-electron chi connectivity index (χ0n) is 8.91. The van der Waals surface area contributed by atoms with Crippen molar-refractivity contribution in [2.45, 2.75) is 32.8 Å². The van der Waals surface area contributed by atoms with E-state index in [0.717, 1.165) is 6.42 Å². The van der Waals surface area contributed by atoms with Crippen LogP contribution in [0.5, 0.6) is 0 Å². The molecule has 4 nitrogen and oxygen atoms in total. The number of hydrogen-bond acceptors (Lipinski definition) is 3. The third kappa shape index (κ3) is 2.91. The van der Waals surface area contributed by atoms with Crippen LogP contribution >= 0.6 is 0 Å². The summed E-state index contributed by atoms with van der Waals surface area (Å²) in [6.07, 6.45) is 0.450. The van der Waals surface area contributed by atoms with Gasteiger partial charge in [-0.2, -0.15) is 5.26 Å². The Labute approximate surface area is 84.4 Å². The lowest BCUT2D eigenvalue weighted by Crippen LogP contribution is -2.35. The van der Waals surface area contributed by atoms with Gasteiger partial charge in [-0.3, -0.25) is 0 Å². The third-order valence-corrected chi connectivity index (χ3v) is 2.02. The molecule has 14 heavy (non-hydrogen) atoms. The zero-order valence-corrected chi connectivity index (χ0v) is 8.91. The predicted octanol–water partition coefficient (Wildman–Crippen LogP) is 1.77. The summed E-state index contributed by atoms with van der Waals surface area (Å²) in [6, 6.07) is 2.16. The number of amides is 1. The summed E-state index contributed by atoms with van der Waals surface area (Å²) in [4.78, 5) is 13.1. The molecule has 1 atom stereocenters. The molecule has 0 aromatic carbocycles. The monoisotopic (exact) mass is 196 g/mol. The summed E-state index contributed by atoms with van der Waals surface area (Å²) in [7, 11) is 0. The molecule has 1 fully saturated rings. The van der Waals surface area contributed by atoms with E-state index in [1.54, 1.807) is 4.90 Å². The zero-order chi connectivity index (χ0) is 10.8. The maximum atomic E-state index is 11.5. The van der Waals surface area contributed by atoms with Gasteiger partial charge in [-0.1, -0.05) is 0 Å². The van der Waals surface area contributed by atoms with Gasteiger partial charge in [0, 0.05) is 13.1 Å². The van der Waals surface area contributed by atoms with Crippen LogP contribution in [0, 0.1) is 17.2 Å². The number of likely N-dealkylation sites (tertiary alicyclic amines) is 1. The van der Waals surface area contributed by atoms with Gasteiger partial charge in [-0.25, -0.2) is 4.79 Å². The second-order valence-electron chi connectivity index (χ2n) is 4.54. The van der Waals surface area contributed by atoms with Gasteiger partial charge in [0.2, 0.25) is 0 Å². The maximum Gasteiger partial charge on any atom is 0.410 e. The Morgan fingerprint density at radius 1 is 1.57 bits per heavy atom. The highest BCUT2D eigenvalue weighted by atomic mass is 16.6. The Morgan fingerprint density at radius 2 is 2.21 bits per heavy atom. The Bertz CT molecular complexity index is 262. The molecule has 0 aromatic rings. The largest absolute Gasteiger partial charge is 0.444 e. The molecule has 0 spiro atoms. The normalized spacial score (nSPS) is 21.9. The van der Waals surface area contributed by atoms with Crippen LogP contribution in [0.15, 0.2) is 0 Å². The number of nitrogens with zero attached hydrogens (tertiary/aromatic N) is 2. The lowest BCUT2D eigenvalue weighted by molar-refractivity contribution is 0.0291. The molecule has 0 aromatic heterocycles. The Balaban J connectivity index is 2.45. The van der Waals surface area contributed by atoms with Gasteiger partial charge in [-0.05, 0) is 27.2 Å². The number of rotatable bonds is 0. The molecule has 78 valence electrons. The molecule has 0 N–H and O–H groups in total. The van der Waals surface area contributed by atoms with E-state index in [1.807, 2.05) is 20.8 Å². The van der Waals surface area contributed by atoms with E-state index in [2.05, 4.69) is 6.07 Å². The molecule has 1 amide bonds. The van der Waals surface area contributed by atoms with Crippen LogP contribution in [0.1, 0.15) is 27.2 Å². The van der Waals surface area contributed by atoms with Crippen molar-refractivity contribution >= 4 is 6.09 Å². The van der Waals surface area contributed by atoms with Crippen molar-refractivity contribution in [2.75, 3.05) is 13.1 Å². The summed E-state index contributed by atoms with van der Waals surface area (Å²) >= 11 is 0. The van der Waals surface area contributed by atoms with Gasteiger partial charge in [-0.15, -0.1) is 0 Å². The number of nitriles is 1. The molecular formula is C10H16N2O2. The standard InChI is InChI=1S/C10H16N2O2/c1-10(2,3)14-9(13)12-5-4-8(6-11)7-12/h8H,4-5,7H2,1-3H3/t8-/m1/s1. The quantitative estimate of drug-likeness (QED) is 0.593. The first-order chi connectivity index (χ1) is 6.42. The van der Waals surface area contributed by atoms with E-state index in [-0.39, 0.29) is 12.0 Å². The summed E-state index contributed by atoms with van der Waals surface area (Å²) in [5.74, 6) is -0.0254. The van der Waals surface area contributed by atoms with Gasteiger partial charge >= 0.3 is 6.09 Å². The van der Waals surface area contributed by atoms with Crippen LogP contribution in [-0.4, -0.2) is 29.7 Å². The number of carbonyl (C=O) groups excluding carboxylic acids is 1. The fourth-order valence-corrected chi connectivity index (χ4v) is 1.36. The smallest absolute Gasteiger partial charge is 0.410 e. The Hall–Kier alpha value is -1.24. The first kappa shape index (κ1) is 10.8. The van der Waals surface area contributed by atoms with Crippen molar-refractivity contribution in [1.29, 1.82) is 5.26 Å². The summed E-state index contributed by atoms with van der Waals surface area (Å²) < 4.78 is 5.19. The van der Waals surface area contributed by atoms with Crippen molar-refractivity contribution in [2.24, 2.45) is 5.92 Å².